The zero-order chi connectivity index (χ0) is 14.2. The van der Waals surface area contributed by atoms with E-state index in [1.54, 1.807) is 13.8 Å². The SMILES string of the molecule is C=C1OB(c2cc(C#N)cc(C(F)F)c2)OC1(C)C. The Bertz CT molecular complexity index is 566. The van der Waals surface area contributed by atoms with Gasteiger partial charge in [0.05, 0.1) is 17.4 Å². The molecule has 0 unspecified atom stereocenters. The van der Waals surface area contributed by atoms with Crippen LogP contribution in [0.25, 0.3) is 0 Å². The van der Waals surface area contributed by atoms with Crippen LogP contribution >= 0.6 is 0 Å². The molecule has 3 nitrogen and oxygen atoms in total. The van der Waals surface area contributed by atoms with Gasteiger partial charge >= 0.3 is 7.12 Å². The third-order valence-electron chi connectivity index (χ3n) is 2.95. The van der Waals surface area contributed by atoms with Crippen molar-refractivity contribution in [2.75, 3.05) is 0 Å². The third kappa shape index (κ3) is 2.61. The summed E-state index contributed by atoms with van der Waals surface area (Å²) in [5.74, 6) is 0.429. The van der Waals surface area contributed by atoms with Gasteiger partial charge < -0.3 is 9.31 Å². The molecule has 1 aromatic carbocycles. The summed E-state index contributed by atoms with van der Waals surface area (Å²) in [7, 11) is -0.812. The van der Waals surface area contributed by atoms with Gasteiger partial charge in [-0.05, 0) is 31.4 Å². The van der Waals surface area contributed by atoms with Crippen molar-refractivity contribution in [1.29, 1.82) is 5.26 Å². The number of hydrogen-bond donors (Lipinski definition) is 0. The topological polar surface area (TPSA) is 42.2 Å². The second-order valence-corrected chi connectivity index (χ2v) is 4.80. The lowest BCUT2D eigenvalue weighted by molar-refractivity contribution is 0.151. The van der Waals surface area contributed by atoms with Crippen LogP contribution in [0, 0.1) is 11.3 Å². The molecule has 1 saturated heterocycles. The number of nitriles is 1. The molecule has 0 radical (unpaired) electrons. The van der Waals surface area contributed by atoms with E-state index in [0.29, 0.717) is 11.2 Å². The van der Waals surface area contributed by atoms with Gasteiger partial charge in [-0.2, -0.15) is 5.26 Å². The number of halogens is 2. The molecule has 0 aromatic heterocycles. The van der Waals surface area contributed by atoms with E-state index in [2.05, 4.69) is 6.58 Å². The average molecular weight is 263 g/mol. The fraction of sp³-hybridized carbons (Fsp3) is 0.308. The number of benzene rings is 1. The maximum Gasteiger partial charge on any atom is 0.563 e. The second kappa shape index (κ2) is 4.67. The molecule has 19 heavy (non-hydrogen) atoms. The molecular formula is C13H12BF2NO2. The van der Waals surface area contributed by atoms with Crippen LogP contribution in [0.15, 0.2) is 30.5 Å². The Morgan fingerprint density at radius 1 is 1.37 bits per heavy atom. The largest absolute Gasteiger partial charge is 0.563 e. The van der Waals surface area contributed by atoms with Gasteiger partial charge in [0.15, 0.2) is 0 Å². The Hall–Kier alpha value is -1.87. The quantitative estimate of drug-likeness (QED) is 0.770. The molecule has 0 spiro atoms. The van der Waals surface area contributed by atoms with Gasteiger partial charge in [-0.3, -0.25) is 0 Å². The van der Waals surface area contributed by atoms with Crippen LogP contribution in [0.2, 0.25) is 0 Å². The predicted octanol–water partition coefficient (Wildman–Crippen LogP) is 2.53. The molecule has 6 heteroatoms. The first kappa shape index (κ1) is 13.6. The summed E-state index contributed by atoms with van der Waals surface area (Å²) in [5.41, 5.74) is -0.369. The van der Waals surface area contributed by atoms with Crippen LogP contribution in [-0.4, -0.2) is 12.7 Å². The molecule has 0 saturated carbocycles. The van der Waals surface area contributed by atoms with Crippen molar-refractivity contribution in [3.05, 3.63) is 41.7 Å². The van der Waals surface area contributed by atoms with Crippen LogP contribution < -0.4 is 5.46 Å². The normalized spacial score (nSPS) is 17.5. The van der Waals surface area contributed by atoms with E-state index >= 15 is 0 Å². The number of rotatable bonds is 2. The fourth-order valence-electron chi connectivity index (χ4n) is 1.77. The van der Waals surface area contributed by atoms with Gasteiger partial charge in [-0.15, -0.1) is 0 Å². The van der Waals surface area contributed by atoms with Crippen LogP contribution in [0.5, 0.6) is 0 Å². The van der Waals surface area contributed by atoms with E-state index in [-0.39, 0.29) is 11.1 Å². The summed E-state index contributed by atoms with van der Waals surface area (Å²) in [5, 5.41) is 8.87. The molecular weight excluding hydrogens is 251 g/mol. The molecule has 0 bridgehead atoms. The smallest absolute Gasteiger partial charge is 0.534 e. The van der Waals surface area contributed by atoms with Crippen molar-refractivity contribution in [3.63, 3.8) is 0 Å². The molecule has 98 valence electrons. The molecule has 0 atom stereocenters. The lowest BCUT2D eigenvalue weighted by Crippen LogP contribution is -2.35. The minimum atomic E-state index is -2.65. The first-order valence-electron chi connectivity index (χ1n) is 5.70. The number of hydrogen-bond acceptors (Lipinski definition) is 3. The average Bonchev–Trinajstić information content (AvgIpc) is 2.63. The predicted molar refractivity (Wildman–Crippen MR) is 66.9 cm³/mol. The number of alkyl halides is 2. The van der Waals surface area contributed by atoms with Crippen molar-refractivity contribution in [1.82, 2.24) is 0 Å². The van der Waals surface area contributed by atoms with Gasteiger partial charge in [-0.25, -0.2) is 8.78 Å². The molecule has 0 N–H and O–H groups in total. The first-order valence-corrected chi connectivity index (χ1v) is 5.70. The maximum atomic E-state index is 12.8. The monoisotopic (exact) mass is 263 g/mol. The van der Waals surface area contributed by atoms with Crippen molar-refractivity contribution in [2.45, 2.75) is 25.9 Å². The fourth-order valence-corrected chi connectivity index (χ4v) is 1.77. The van der Waals surface area contributed by atoms with E-state index in [1.165, 1.54) is 12.1 Å². The molecule has 1 heterocycles. The van der Waals surface area contributed by atoms with E-state index in [0.717, 1.165) is 6.07 Å². The van der Waals surface area contributed by atoms with E-state index in [9.17, 15) is 8.78 Å². The standard InChI is InChI=1S/C13H12BF2NO2/c1-8-13(2,3)19-14(18-8)11-5-9(7-17)4-10(6-11)12(15)16/h4-6,12H,1H2,2-3H3. The van der Waals surface area contributed by atoms with Gasteiger partial charge in [0.2, 0.25) is 0 Å². The minimum Gasteiger partial charge on any atom is -0.534 e. The van der Waals surface area contributed by atoms with Crippen LogP contribution in [0.1, 0.15) is 31.4 Å². The van der Waals surface area contributed by atoms with Gasteiger partial charge in [0, 0.05) is 5.56 Å². The maximum absolute atomic E-state index is 12.8. The van der Waals surface area contributed by atoms with Gasteiger partial charge in [0.1, 0.15) is 5.60 Å². The summed E-state index contributed by atoms with van der Waals surface area (Å²) in [4.78, 5) is 0. The molecule has 0 aliphatic carbocycles. The lowest BCUT2D eigenvalue weighted by Gasteiger charge is -2.15. The van der Waals surface area contributed by atoms with Crippen LogP contribution in [-0.2, 0) is 9.31 Å². The van der Waals surface area contributed by atoms with E-state index in [1.807, 2.05) is 6.07 Å². The van der Waals surface area contributed by atoms with Gasteiger partial charge in [0.25, 0.3) is 6.43 Å². The van der Waals surface area contributed by atoms with Gasteiger partial charge in [-0.1, -0.05) is 12.6 Å². The summed E-state index contributed by atoms with van der Waals surface area (Å²) in [6, 6.07) is 5.77. The lowest BCUT2D eigenvalue weighted by atomic mass is 9.77. The summed E-state index contributed by atoms with van der Waals surface area (Å²) in [6.07, 6.45) is -2.65. The van der Waals surface area contributed by atoms with Crippen molar-refractivity contribution in [3.8, 4) is 6.07 Å². The Morgan fingerprint density at radius 3 is 2.53 bits per heavy atom. The highest BCUT2D eigenvalue weighted by molar-refractivity contribution is 6.62. The Morgan fingerprint density at radius 2 is 2.05 bits per heavy atom. The molecule has 1 aliphatic heterocycles. The zero-order valence-corrected chi connectivity index (χ0v) is 10.6. The number of nitrogens with zero attached hydrogens (tertiary/aromatic N) is 1. The van der Waals surface area contributed by atoms with Crippen LogP contribution in [0.3, 0.4) is 0 Å². The molecule has 2 rings (SSSR count). The van der Waals surface area contributed by atoms with E-state index in [4.69, 9.17) is 14.6 Å². The van der Waals surface area contributed by atoms with E-state index < -0.39 is 19.1 Å². The van der Waals surface area contributed by atoms with Crippen molar-refractivity contribution < 1.29 is 18.1 Å². The Balaban J connectivity index is 2.39. The highest BCUT2D eigenvalue weighted by atomic mass is 19.3. The highest BCUT2D eigenvalue weighted by Crippen LogP contribution is 2.29. The highest BCUT2D eigenvalue weighted by Gasteiger charge is 2.43. The van der Waals surface area contributed by atoms with Crippen LogP contribution in [0.4, 0.5) is 8.78 Å². The second-order valence-electron chi connectivity index (χ2n) is 4.80. The first-order chi connectivity index (χ1) is 8.83. The van der Waals surface area contributed by atoms with Crippen molar-refractivity contribution >= 4 is 12.6 Å². The molecule has 1 aromatic rings. The third-order valence-corrected chi connectivity index (χ3v) is 2.95. The zero-order valence-electron chi connectivity index (χ0n) is 10.6. The Kier molecular flexibility index (Phi) is 3.33. The summed E-state index contributed by atoms with van der Waals surface area (Å²) in [6.45, 7) is 7.27. The molecule has 1 aliphatic rings. The summed E-state index contributed by atoms with van der Waals surface area (Å²) < 4.78 is 36.6. The Labute approximate surface area is 110 Å². The molecule has 1 fully saturated rings. The van der Waals surface area contributed by atoms with Crippen molar-refractivity contribution in [2.24, 2.45) is 0 Å². The molecule has 0 amide bonds. The summed E-state index contributed by atoms with van der Waals surface area (Å²) >= 11 is 0. The minimum absolute atomic E-state index is 0.148.